The maximum absolute atomic E-state index is 12.9. The molecule has 2 aromatic heterocycles. The molecule has 3 aromatic carbocycles. The number of aliphatic hydroxyl groups is 1. The normalized spacial score (nSPS) is 12.3. The molecular weight excluding hydrogens is 408 g/mol. The minimum Gasteiger partial charge on any atom is -0.380 e. The van der Waals surface area contributed by atoms with Crippen molar-refractivity contribution in [2.24, 2.45) is 0 Å². The van der Waals surface area contributed by atoms with Gasteiger partial charge in [-0.1, -0.05) is 84.6 Å². The van der Waals surface area contributed by atoms with Gasteiger partial charge in [-0.05, 0) is 17.2 Å². The van der Waals surface area contributed by atoms with Crippen LogP contribution in [0.2, 0.25) is 0 Å². The van der Waals surface area contributed by atoms with Gasteiger partial charge in [0, 0.05) is 22.2 Å². The zero-order chi connectivity index (χ0) is 21.2. The molecule has 5 rings (SSSR count). The monoisotopic (exact) mass is 426 g/mol. The van der Waals surface area contributed by atoms with E-state index in [0.29, 0.717) is 27.7 Å². The van der Waals surface area contributed by atoms with E-state index < -0.39 is 6.10 Å². The van der Waals surface area contributed by atoms with E-state index in [1.165, 1.54) is 11.8 Å². The number of hydrogen-bond donors (Lipinski definition) is 2. The number of aliphatic hydroxyl groups excluding tert-OH is 1. The molecule has 0 aliphatic carbocycles. The average molecular weight is 427 g/mol. The van der Waals surface area contributed by atoms with E-state index in [1.807, 2.05) is 42.5 Å². The second-order valence-electron chi connectivity index (χ2n) is 7.09. The first-order chi connectivity index (χ1) is 15.2. The Balaban J connectivity index is 1.38. The molecule has 0 spiro atoms. The average Bonchev–Trinajstić information content (AvgIpc) is 3.20. The third kappa shape index (κ3) is 3.81. The van der Waals surface area contributed by atoms with Gasteiger partial charge in [-0.15, -0.1) is 10.2 Å². The van der Waals surface area contributed by atoms with Crippen molar-refractivity contribution in [2.45, 2.75) is 17.0 Å². The minimum absolute atomic E-state index is 0.326. The molecule has 2 N–H and O–H groups in total. The Morgan fingerprint density at radius 2 is 1.68 bits per heavy atom. The fourth-order valence-electron chi connectivity index (χ4n) is 3.53. The molecule has 7 heteroatoms. The SMILES string of the molecule is O=C(c1ccccc1CSc1nnc2c(n1)[nH]c1ccccc12)C(O)c1ccccc1. The molecule has 0 aliphatic heterocycles. The van der Waals surface area contributed by atoms with Crippen molar-refractivity contribution < 1.29 is 9.90 Å². The number of H-pyrrole nitrogens is 1. The molecule has 0 saturated carbocycles. The van der Waals surface area contributed by atoms with Crippen molar-refractivity contribution in [3.8, 4) is 0 Å². The summed E-state index contributed by atoms with van der Waals surface area (Å²) in [5.41, 5.74) is 4.27. The first-order valence-corrected chi connectivity index (χ1v) is 10.8. The lowest BCUT2D eigenvalue weighted by molar-refractivity contribution is 0.0746. The molecule has 1 unspecified atom stereocenters. The van der Waals surface area contributed by atoms with E-state index in [-0.39, 0.29) is 5.78 Å². The summed E-state index contributed by atoms with van der Waals surface area (Å²) in [4.78, 5) is 20.8. The van der Waals surface area contributed by atoms with Crippen molar-refractivity contribution in [1.29, 1.82) is 0 Å². The van der Waals surface area contributed by atoms with Crippen LogP contribution in [0.5, 0.6) is 0 Å². The van der Waals surface area contributed by atoms with Crippen LogP contribution in [0.25, 0.3) is 22.1 Å². The van der Waals surface area contributed by atoms with Crippen LogP contribution in [-0.2, 0) is 5.75 Å². The highest BCUT2D eigenvalue weighted by Gasteiger charge is 2.21. The number of carbonyl (C=O) groups is 1. The third-order valence-corrected chi connectivity index (χ3v) is 5.99. The van der Waals surface area contributed by atoms with Gasteiger partial charge in [0.15, 0.2) is 11.4 Å². The number of rotatable bonds is 6. The zero-order valence-corrected chi connectivity index (χ0v) is 17.2. The van der Waals surface area contributed by atoms with Crippen LogP contribution in [0.1, 0.15) is 27.6 Å². The Hall–Kier alpha value is -3.55. The summed E-state index contributed by atoms with van der Waals surface area (Å²) >= 11 is 1.40. The number of hydrogen-bond acceptors (Lipinski definition) is 6. The lowest BCUT2D eigenvalue weighted by Gasteiger charge is -2.13. The Morgan fingerprint density at radius 3 is 2.55 bits per heavy atom. The van der Waals surface area contributed by atoms with E-state index in [4.69, 9.17) is 0 Å². The van der Waals surface area contributed by atoms with E-state index in [0.717, 1.165) is 22.0 Å². The molecule has 0 amide bonds. The van der Waals surface area contributed by atoms with Crippen LogP contribution < -0.4 is 0 Å². The van der Waals surface area contributed by atoms with Gasteiger partial charge in [-0.3, -0.25) is 4.79 Å². The number of aromatic nitrogens is 4. The summed E-state index contributed by atoms with van der Waals surface area (Å²) in [6.45, 7) is 0. The summed E-state index contributed by atoms with van der Waals surface area (Å²) in [5, 5.41) is 20.6. The number of aromatic amines is 1. The summed E-state index contributed by atoms with van der Waals surface area (Å²) in [6, 6.07) is 24.1. The Kier molecular flexibility index (Phi) is 5.19. The third-order valence-electron chi connectivity index (χ3n) is 5.11. The molecule has 2 heterocycles. The molecule has 0 aliphatic rings. The number of benzene rings is 3. The molecule has 0 saturated heterocycles. The standard InChI is InChI=1S/C24H18N4O2S/c29-21(15-8-2-1-3-9-15)22(30)17-11-5-4-10-16(17)14-31-24-26-23-20(27-28-24)18-12-6-7-13-19(18)25-23/h1-13,21,29H,14H2,(H,25,26,28). The maximum atomic E-state index is 12.9. The van der Waals surface area contributed by atoms with E-state index in [2.05, 4.69) is 20.2 Å². The number of Topliss-reactive ketones (excluding diaryl/α,β-unsaturated/α-hetero) is 1. The molecule has 152 valence electrons. The smallest absolute Gasteiger partial charge is 0.211 e. The fraction of sp³-hybridized carbons (Fsp3) is 0.0833. The van der Waals surface area contributed by atoms with Gasteiger partial charge < -0.3 is 10.1 Å². The van der Waals surface area contributed by atoms with Crippen molar-refractivity contribution in [2.75, 3.05) is 0 Å². The Morgan fingerprint density at radius 1 is 0.935 bits per heavy atom. The second kappa shape index (κ2) is 8.29. The summed E-state index contributed by atoms with van der Waals surface area (Å²) in [5.74, 6) is 0.157. The minimum atomic E-state index is -1.20. The lowest BCUT2D eigenvalue weighted by Crippen LogP contribution is -2.14. The molecule has 5 aromatic rings. The number of thioether (sulfide) groups is 1. The van der Waals surface area contributed by atoms with Gasteiger partial charge in [-0.25, -0.2) is 4.98 Å². The predicted octanol–water partition coefficient (Wildman–Crippen LogP) is 4.71. The zero-order valence-electron chi connectivity index (χ0n) is 16.4. The van der Waals surface area contributed by atoms with E-state index in [1.54, 1.807) is 36.4 Å². The highest BCUT2D eigenvalue weighted by molar-refractivity contribution is 7.98. The van der Waals surface area contributed by atoms with Crippen molar-refractivity contribution in [3.63, 3.8) is 0 Å². The highest BCUT2D eigenvalue weighted by atomic mass is 32.2. The number of para-hydroxylation sites is 1. The number of carbonyl (C=O) groups excluding carboxylic acids is 1. The van der Waals surface area contributed by atoms with Crippen LogP contribution in [0.4, 0.5) is 0 Å². The van der Waals surface area contributed by atoms with E-state index in [9.17, 15) is 9.90 Å². The molecule has 0 radical (unpaired) electrons. The van der Waals surface area contributed by atoms with Crippen molar-refractivity contribution in [1.82, 2.24) is 20.2 Å². The summed E-state index contributed by atoms with van der Waals surface area (Å²) < 4.78 is 0. The van der Waals surface area contributed by atoms with Gasteiger partial charge in [0.1, 0.15) is 11.6 Å². The number of fused-ring (bicyclic) bond motifs is 3. The number of ketones is 1. The van der Waals surface area contributed by atoms with Gasteiger partial charge in [-0.2, -0.15) is 0 Å². The van der Waals surface area contributed by atoms with Crippen LogP contribution in [0.3, 0.4) is 0 Å². The fourth-order valence-corrected chi connectivity index (χ4v) is 4.32. The molecule has 6 nitrogen and oxygen atoms in total. The molecule has 31 heavy (non-hydrogen) atoms. The van der Waals surface area contributed by atoms with Crippen molar-refractivity contribution >= 4 is 39.6 Å². The topological polar surface area (TPSA) is 91.8 Å². The summed E-state index contributed by atoms with van der Waals surface area (Å²) in [6.07, 6.45) is -1.20. The quantitative estimate of drug-likeness (QED) is 0.302. The van der Waals surface area contributed by atoms with Crippen LogP contribution in [-0.4, -0.2) is 31.1 Å². The van der Waals surface area contributed by atoms with Crippen LogP contribution in [0, 0.1) is 0 Å². The van der Waals surface area contributed by atoms with Crippen LogP contribution >= 0.6 is 11.8 Å². The van der Waals surface area contributed by atoms with Crippen molar-refractivity contribution in [3.05, 3.63) is 95.6 Å². The number of nitrogens with zero attached hydrogens (tertiary/aromatic N) is 3. The summed E-state index contributed by atoms with van der Waals surface area (Å²) in [7, 11) is 0. The van der Waals surface area contributed by atoms with Gasteiger partial charge in [0.2, 0.25) is 5.16 Å². The first kappa shape index (κ1) is 19.4. The Labute approximate surface area is 182 Å². The Bertz CT molecular complexity index is 1380. The second-order valence-corrected chi connectivity index (χ2v) is 8.03. The first-order valence-electron chi connectivity index (χ1n) is 9.80. The van der Waals surface area contributed by atoms with Gasteiger partial charge in [0.05, 0.1) is 0 Å². The van der Waals surface area contributed by atoms with Gasteiger partial charge in [0.25, 0.3) is 0 Å². The maximum Gasteiger partial charge on any atom is 0.211 e. The molecule has 1 atom stereocenters. The highest BCUT2D eigenvalue weighted by Crippen LogP contribution is 2.27. The molecule has 0 fully saturated rings. The lowest BCUT2D eigenvalue weighted by atomic mass is 9.97. The predicted molar refractivity (Wildman–Crippen MR) is 121 cm³/mol. The van der Waals surface area contributed by atoms with Crippen LogP contribution in [0.15, 0.2) is 84.0 Å². The molecular formula is C24H18N4O2S. The van der Waals surface area contributed by atoms with E-state index >= 15 is 0 Å². The number of nitrogens with one attached hydrogen (secondary N) is 1. The molecule has 0 bridgehead atoms. The van der Waals surface area contributed by atoms with Gasteiger partial charge >= 0.3 is 0 Å². The largest absolute Gasteiger partial charge is 0.380 e.